The van der Waals surface area contributed by atoms with E-state index in [1.54, 1.807) is 18.2 Å². The fourth-order valence-electron chi connectivity index (χ4n) is 2.10. The van der Waals surface area contributed by atoms with Crippen molar-refractivity contribution in [1.29, 1.82) is 0 Å². The van der Waals surface area contributed by atoms with Gasteiger partial charge in [0.1, 0.15) is 0 Å². The number of benzene rings is 1. The molecule has 1 N–H and O–H groups in total. The van der Waals surface area contributed by atoms with Gasteiger partial charge in [0, 0.05) is 6.07 Å². The minimum Gasteiger partial charge on any atom is -0.548 e. The van der Waals surface area contributed by atoms with Crippen LogP contribution in [0.25, 0.3) is 11.5 Å². The maximum Gasteiger partial charge on any atom is 0.225 e. The van der Waals surface area contributed by atoms with Crippen molar-refractivity contribution in [3.05, 3.63) is 60.4 Å². The van der Waals surface area contributed by atoms with E-state index in [0.717, 1.165) is 5.56 Å². The molecule has 0 aliphatic heterocycles. The van der Waals surface area contributed by atoms with Crippen LogP contribution in [0.3, 0.4) is 0 Å². The highest BCUT2D eigenvalue weighted by molar-refractivity contribution is 5.75. The zero-order valence-corrected chi connectivity index (χ0v) is 11.6. The van der Waals surface area contributed by atoms with Crippen LogP contribution in [0.15, 0.2) is 63.7 Å². The smallest absolute Gasteiger partial charge is 0.225 e. The van der Waals surface area contributed by atoms with Gasteiger partial charge in [0.25, 0.3) is 0 Å². The van der Waals surface area contributed by atoms with Crippen LogP contribution >= 0.6 is 0 Å². The molecule has 0 spiro atoms. The molecule has 6 nitrogen and oxygen atoms in total. The lowest BCUT2D eigenvalue weighted by Gasteiger charge is -2.18. The quantitative estimate of drug-likeness (QED) is 0.744. The molecular weight excluding hydrogens is 284 g/mol. The van der Waals surface area contributed by atoms with E-state index in [1.807, 2.05) is 30.3 Å². The maximum atomic E-state index is 11.3. The van der Waals surface area contributed by atoms with Crippen LogP contribution in [-0.2, 0) is 11.2 Å². The standard InChI is InChI=1S/C16H14N2O4/c19-16(20)13(9-11-5-2-1-3-6-11)17-15-10-12(18-22-15)14-7-4-8-21-14/h1-8,10,13,17H,9H2,(H,19,20)/p-1/t13-/m1/s1. The molecule has 0 fully saturated rings. The molecule has 22 heavy (non-hydrogen) atoms. The van der Waals surface area contributed by atoms with E-state index < -0.39 is 12.0 Å². The Bertz CT molecular complexity index is 735. The SMILES string of the molecule is O=C([O-])[C@@H](Cc1ccccc1)Nc1cc(-c2ccco2)no1. The molecule has 6 heteroatoms. The number of rotatable bonds is 6. The Balaban J connectivity index is 1.73. The highest BCUT2D eigenvalue weighted by Gasteiger charge is 2.15. The highest BCUT2D eigenvalue weighted by atomic mass is 16.5. The molecular formula is C16H13N2O4-. The first-order chi connectivity index (χ1) is 10.7. The van der Waals surface area contributed by atoms with Crippen LogP contribution in [0, 0.1) is 0 Å². The van der Waals surface area contributed by atoms with E-state index in [0.29, 0.717) is 11.5 Å². The Kier molecular flexibility index (Phi) is 3.91. The summed E-state index contributed by atoms with van der Waals surface area (Å²) in [6, 6.07) is 13.4. The topological polar surface area (TPSA) is 91.3 Å². The van der Waals surface area contributed by atoms with E-state index in [1.165, 1.54) is 6.26 Å². The zero-order chi connectivity index (χ0) is 15.4. The number of anilines is 1. The second-order valence-corrected chi connectivity index (χ2v) is 4.76. The summed E-state index contributed by atoms with van der Waals surface area (Å²) in [5, 5.41) is 17.9. The number of furan rings is 1. The molecule has 2 heterocycles. The van der Waals surface area contributed by atoms with Crippen molar-refractivity contribution in [2.75, 3.05) is 5.32 Å². The Morgan fingerprint density at radius 1 is 1.23 bits per heavy atom. The van der Waals surface area contributed by atoms with Gasteiger partial charge in [0.15, 0.2) is 11.5 Å². The number of aliphatic carboxylic acids is 1. The summed E-state index contributed by atoms with van der Waals surface area (Å²) in [4.78, 5) is 11.3. The molecule has 1 atom stereocenters. The Hall–Kier alpha value is -3.02. The van der Waals surface area contributed by atoms with Crippen LogP contribution in [0.4, 0.5) is 5.88 Å². The molecule has 0 amide bonds. The monoisotopic (exact) mass is 297 g/mol. The highest BCUT2D eigenvalue weighted by Crippen LogP contribution is 2.22. The normalized spacial score (nSPS) is 12.0. The van der Waals surface area contributed by atoms with Gasteiger partial charge in [-0.25, -0.2) is 0 Å². The van der Waals surface area contributed by atoms with Gasteiger partial charge >= 0.3 is 0 Å². The summed E-state index contributed by atoms with van der Waals surface area (Å²) in [6.45, 7) is 0. The summed E-state index contributed by atoms with van der Waals surface area (Å²) in [7, 11) is 0. The van der Waals surface area contributed by atoms with Crippen molar-refractivity contribution < 1.29 is 18.8 Å². The van der Waals surface area contributed by atoms with Gasteiger partial charge in [0.2, 0.25) is 5.88 Å². The van der Waals surface area contributed by atoms with Crippen molar-refractivity contribution >= 4 is 11.9 Å². The first-order valence-electron chi connectivity index (χ1n) is 6.74. The predicted octanol–water partition coefficient (Wildman–Crippen LogP) is 1.71. The van der Waals surface area contributed by atoms with Gasteiger partial charge in [0.05, 0.1) is 18.3 Å². The second-order valence-electron chi connectivity index (χ2n) is 4.76. The predicted molar refractivity (Wildman–Crippen MR) is 76.8 cm³/mol. The molecule has 1 aromatic carbocycles. The molecule has 3 aromatic rings. The molecule has 0 unspecified atom stereocenters. The number of carboxylic acid groups (broad SMARTS) is 1. The number of carbonyl (C=O) groups is 1. The van der Waals surface area contributed by atoms with Crippen LogP contribution in [0.2, 0.25) is 0 Å². The molecule has 3 rings (SSSR count). The van der Waals surface area contributed by atoms with Crippen LogP contribution in [0.1, 0.15) is 5.56 Å². The average Bonchev–Trinajstić information content (AvgIpc) is 3.18. The maximum absolute atomic E-state index is 11.3. The molecule has 0 aliphatic rings. The molecule has 0 aliphatic carbocycles. The largest absolute Gasteiger partial charge is 0.548 e. The van der Waals surface area contributed by atoms with Gasteiger partial charge < -0.3 is 24.2 Å². The third-order valence-corrected chi connectivity index (χ3v) is 3.17. The second kappa shape index (κ2) is 6.17. The van der Waals surface area contributed by atoms with Gasteiger partial charge in [-0.3, -0.25) is 0 Å². The van der Waals surface area contributed by atoms with E-state index in [4.69, 9.17) is 8.94 Å². The number of carboxylic acids is 1. The molecule has 112 valence electrons. The molecule has 0 saturated carbocycles. The number of aromatic nitrogens is 1. The Labute approximate surface area is 126 Å². The van der Waals surface area contributed by atoms with Crippen molar-refractivity contribution in [2.45, 2.75) is 12.5 Å². The number of hydrogen-bond acceptors (Lipinski definition) is 6. The number of nitrogens with zero attached hydrogens (tertiary/aromatic N) is 1. The first kappa shape index (κ1) is 13.9. The van der Waals surface area contributed by atoms with Crippen molar-refractivity contribution in [2.24, 2.45) is 0 Å². The van der Waals surface area contributed by atoms with Crippen LogP contribution < -0.4 is 10.4 Å². The molecule has 2 aromatic heterocycles. The minimum absolute atomic E-state index is 0.247. The van der Waals surface area contributed by atoms with Gasteiger partial charge in [-0.15, -0.1) is 0 Å². The van der Waals surface area contributed by atoms with Crippen LogP contribution in [-0.4, -0.2) is 17.2 Å². The summed E-state index contributed by atoms with van der Waals surface area (Å²) in [5.74, 6) is -0.416. The average molecular weight is 297 g/mol. The lowest BCUT2D eigenvalue weighted by Crippen LogP contribution is -2.42. The van der Waals surface area contributed by atoms with E-state index in [9.17, 15) is 9.90 Å². The fourth-order valence-corrected chi connectivity index (χ4v) is 2.10. The molecule has 0 bridgehead atoms. The third-order valence-electron chi connectivity index (χ3n) is 3.17. The Morgan fingerprint density at radius 3 is 2.73 bits per heavy atom. The summed E-state index contributed by atoms with van der Waals surface area (Å²) in [5.41, 5.74) is 1.37. The summed E-state index contributed by atoms with van der Waals surface area (Å²) >= 11 is 0. The van der Waals surface area contributed by atoms with Crippen molar-refractivity contribution in [1.82, 2.24) is 5.16 Å². The van der Waals surface area contributed by atoms with Crippen LogP contribution in [0.5, 0.6) is 0 Å². The van der Waals surface area contributed by atoms with E-state index in [2.05, 4.69) is 10.5 Å². The van der Waals surface area contributed by atoms with Crippen molar-refractivity contribution in [3.8, 4) is 11.5 Å². The van der Waals surface area contributed by atoms with E-state index >= 15 is 0 Å². The number of hydrogen-bond donors (Lipinski definition) is 1. The van der Waals surface area contributed by atoms with Gasteiger partial charge in [-0.1, -0.05) is 35.5 Å². The minimum atomic E-state index is -1.21. The fraction of sp³-hybridized carbons (Fsp3) is 0.125. The van der Waals surface area contributed by atoms with Crippen molar-refractivity contribution in [3.63, 3.8) is 0 Å². The zero-order valence-electron chi connectivity index (χ0n) is 11.6. The summed E-state index contributed by atoms with van der Waals surface area (Å²) < 4.78 is 10.3. The molecule has 0 saturated heterocycles. The lowest BCUT2D eigenvalue weighted by molar-refractivity contribution is -0.306. The Morgan fingerprint density at radius 2 is 2.05 bits per heavy atom. The van der Waals surface area contributed by atoms with Gasteiger partial charge in [-0.2, -0.15) is 0 Å². The third kappa shape index (κ3) is 3.17. The molecule has 0 radical (unpaired) electrons. The number of carbonyl (C=O) groups excluding carboxylic acids is 1. The van der Waals surface area contributed by atoms with E-state index in [-0.39, 0.29) is 12.3 Å². The summed E-state index contributed by atoms with van der Waals surface area (Å²) in [6.07, 6.45) is 1.80. The number of nitrogens with one attached hydrogen (secondary N) is 1. The first-order valence-corrected chi connectivity index (χ1v) is 6.74. The van der Waals surface area contributed by atoms with Gasteiger partial charge in [-0.05, 0) is 24.1 Å². The lowest BCUT2D eigenvalue weighted by atomic mass is 10.1.